The second-order valence-corrected chi connectivity index (χ2v) is 5.52. The number of carboxylic acid groups (broad SMARTS) is 1. The van der Waals surface area contributed by atoms with Gasteiger partial charge in [-0.05, 0) is 18.9 Å². The minimum absolute atomic E-state index is 0.0304. The molecule has 0 fully saturated rings. The Bertz CT molecular complexity index is 588. The van der Waals surface area contributed by atoms with E-state index >= 15 is 0 Å². The van der Waals surface area contributed by atoms with Crippen LogP contribution in [0.25, 0.3) is 0 Å². The highest BCUT2D eigenvalue weighted by Gasteiger charge is 2.12. The molecule has 0 unspecified atom stereocenters. The van der Waals surface area contributed by atoms with Crippen molar-refractivity contribution in [2.75, 3.05) is 5.32 Å². The molecule has 0 aliphatic carbocycles. The number of amides is 1. The molecule has 0 spiro atoms. The lowest BCUT2D eigenvalue weighted by molar-refractivity contribution is -0.384. The van der Waals surface area contributed by atoms with Crippen molar-refractivity contribution >= 4 is 23.3 Å². The van der Waals surface area contributed by atoms with Gasteiger partial charge in [0.25, 0.3) is 5.69 Å². The molecule has 0 aliphatic rings. The van der Waals surface area contributed by atoms with E-state index in [9.17, 15) is 24.8 Å². The highest BCUT2D eigenvalue weighted by atomic mass is 16.6. The van der Waals surface area contributed by atoms with E-state index in [4.69, 9.17) is 5.11 Å². The number of hydrogen-bond donors (Lipinski definition) is 3. The smallest absolute Gasteiger partial charge is 0.303 e. The summed E-state index contributed by atoms with van der Waals surface area (Å²) in [6.07, 6.45) is 5.35. The van der Waals surface area contributed by atoms with Crippen molar-refractivity contribution in [3.63, 3.8) is 0 Å². The number of carboxylic acids is 1. The van der Waals surface area contributed by atoms with Gasteiger partial charge in [0, 0.05) is 25.0 Å². The summed E-state index contributed by atoms with van der Waals surface area (Å²) in [7, 11) is 0. The van der Waals surface area contributed by atoms with Gasteiger partial charge in [-0.25, -0.2) is 0 Å². The fourth-order valence-corrected chi connectivity index (χ4v) is 2.22. The number of aromatic hydroxyl groups is 1. The van der Waals surface area contributed by atoms with E-state index in [1.54, 1.807) is 0 Å². The first-order chi connectivity index (χ1) is 11.4. The first-order valence-corrected chi connectivity index (χ1v) is 7.89. The number of aliphatic carboxylic acids is 1. The van der Waals surface area contributed by atoms with Crippen LogP contribution in [0.15, 0.2) is 18.2 Å². The number of hydrogen-bond acceptors (Lipinski definition) is 5. The van der Waals surface area contributed by atoms with E-state index in [2.05, 4.69) is 5.32 Å². The molecule has 8 heteroatoms. The van der Waals surface area contributed by atoms with E-state index in [0.29, 0.717) is 12.8 Å². The SMILES string of the molecule is O=C(O)CCCCCCCCC(=O)Nc1cc([N+](=O)[O-])ccc1O. The minimum Gasteiger partial charge on any atom is -0.506 e. The predicted molar refractivity (Wildman–Crippen MR) is 88.0 cm³/mol. The van der Waals surface area contributed by atoms with Gasteiger partial charge in [-0.3, -0.25) is 19.7 Å². The number of benzene rings is 1. The number of phenolic OH excluding ortho intramolecular Hbond substituents is 1. The highest BCUT2D eigenvalue weighted by molar-refractivity contribution is 5.92. The van der Waals surface area contributed by atoms with Crippen molar-refractivity contribution in [1.29, 1.82) is 0 Å². The lowest BCUT2D eigenvalue weighted by atomic mass is 10.1. The van der Waals surface area contributed by atoms with E-state index in [1.165, 1.54) is 6.07 Å². The van der Waals surface area contributed by atoms with Crippen LogP contribution in [0.1, 0.15) is 51.4 Å². The third-order valence-electron chi connectivity index (χ3n) is 3.51. The first kappa shape index (κ1) is 19.4. The van der Waals surface area contributed by atoms with Crippen LogP contribution >= 0.6 is 0 Å². The zero-order chi connectivity index (χ0) is 17.9. The Kier molecular flexibility index (Phi) is 8.24. The van der Waals surface area contributed by atoms with Crippen molar-refractivity contribution in [3.05, 3.63) is 28.3 Å². The molecular weight excluding hydrogens is 316 g/mol. The van der Waals surface area contributed by atoms with Crippen molar-refractivity contribution in [3.8, 4) is 5.75 Å². The fourth-order valence-electron chi connectivity index (χ4n) is 2.22. The summed E-state index contributed by atoms with van der Waals surface area (Å²) in [5.41, 5.74) is -0.174. The summed E-state index contributed by atoms with van der Waals surface area (Å²) >= 11 is 0. The van der Waals surface area contributed by atoms with Crippen LogP contribution < -0.4 is 5.32 Å². The minimum atomic E-state index is -0.781. The topological polar surface area (TPSA) is 130 Å². The van der Waals surface area contributed by atoms with Crippen molar-refractivity contribution < 1.29 is 24.7 Å². The van der Waals surface area contributed by atoms with Gasteiger partial charge in [-0.15, -0.1) is 0 Å². The average molecular weight is 338 g/mol. The van der Waals surface area contributed by atoms with Gasteiger partial charge < -0.3 is 15.5 Å². The molecule has 8 nitrogen and oxygen atoms in total. The summed E-state index contributed by atoms with van der Waals surface area (Å²) in [4.78, 5) is 32.2. The van der Waals surface area contributed by atoms with Gasteiger partial charge >= 0.3 is 5.97 Å². The number of anilines is 1. The summed E-state index contributed by atoms with van der Waals surface area (Å²) < 4.78 is 0. The van der Waals surface area contributed by atoms with Crippen LogP contribution in [-0.2, 0) is 9.59 Å². The second-order valence-electron chi connectivity index (χ2n) is 5.52. The average Bonchev–Trinajstić information content (AvgIpc) is 2.51. The molecule has 0 aliphatic heterocycles. The molecule has 132 valence electrons. The number of phenols is 1. The van der Waals surface area contributed by atoms with E-state index < -0.39 is 10.9 Å². The van der Waals surface area contributed by atoms with Crippen LogP contribution in [0.3, 0.4) is 0 Å². The Morgan fingerprint density at radius 1 is 1.04 bits per heavy atom. The zero-order valence-corrected chi connectivity index (χ0v) is 13.4. The molecule has 0 atom stereocenters. The molecule has 3 N–H and O–H groups in total. The Morgan fingerprint density at radius 3 is 2.21 bits per heavy atom. The van der Waals surface area contributed by atoms with Crippen molar-refractivity contribution in [2.45, 2.75) is 51.4 Å². The van der Waals surface area contributed by atoms with Crippen LogP contribution in [0.4, 0.5) is 11.4 Å². The van der Waals surface area contributed by atoms with Crippen LogP contribution in [-0.4, -0.2) is 27.0 Å². The third kappa shape index (κ3) is 7.57. The number of rotatable bonds is 11. The van der Waals surface area contributed by atoms with Crippen molar-refractivity contribution in [2.24, 2.45) is 0 Å². The van der Waals surface area contributed by atoms with Crippen LogP contribution in [0.5, 0.6) is 5.75 Å². The molecule has 1 aromatic carbocycles. The standard InChI is InChI=1S/C16H22N2O6/c19-14-10-9-12(18(23)24)11-13(14)17-15(20)7-5-3-1-2-4-6-8-16(21)22/h9-11,19H,1-8H2,(H,17,20)(H,21,22). The first-order valence-electron chi connectivity index (χ1n) is 7.89. The largest absolute Gasteiger partial charge is 0.506 e. The van der Waals surface area contributed by atoms with Gasteiger partial charge in [-0.2, -0.15) is 0 Å². The number of nitrogens with zero attached hydrogens (tertiary/aromatic N) is 1. The van der Waals surface area contributed by atoms with E-state index in [-0.39, 0.29) is 35.9 Å². The van der Waals surface area contributed by atoms with E-state index in [1.807, 2.05) is 0 Å². The Morgan fingerprint density at radius 2 is 1.62 bits per heavy atom. The van der Waals surface area contributed by atoms with Gasteiger partial charge in [0.15, 0.2) is 0 Å². The third-order valence-corrected chi connectivity index (χ3v) is 3.51. The number of carbonyl (C=O) groups excluding carboxylic acids is 1. The summed E-state index contributed by atoms with van der Waals surface area (Å²) in [5, 5.41) is 31.3. The Hall–Kier alpha value is -2.64. The predicted octanol–water partition coefficient (Wildman–Crippen LogP) is 3.44. The van der Waals surface area contributed by atoms with E-state index in [0.717, 1.165) is 37.8 Å². The molecular formula is C16H22N2O6. The number of nitrogens with one attached hydrogen (secondary N) is 1. The quantitative estimate of drug-likeness (QED) is 0.245. The summed E-state index contributed by atoms with van der Waals surface area (Å²) in [6.45, 7) is 0. The molecule has 1 aromatic rings. The molecule has 0 aromatic heterocycles. The van der Waals surface area contributed by atoms with Gasteiger partial charge in [0.05, 0.1) is 10.6 Å². The molecule has 0 saturated carbocycles. The highest BCUT2D eigenvalue weighted by Crippen LogP contribution is 2.28. The summed E-state index contributed by atoms with van der Waals surface area (Å²) in [5.74, 6) is -1.31. The van der Waals surface area contributed by atoms with Crippen LogP contribution in [0.2, 0.25) is 0 Å². The normalized spacial score (nSPS) is 10.3. The number of nitro groups is 1. The molecule has 24 heavy (non-hydrogen) atoms. The Labute approximate surface area is 139 Å². The molecule has 1 rings (SSSR count). The number of nitro benzene ring substituents is 1. The lowest BCUT2D eigenvalue weighted by Crippen LogP contribution is -2.11. The maximum atomic E-state index is 11.8. The molecule has 1 amide bonds. The Balaban J connectivity index is 2.24. The number of non-ortho nitro benzene ring substituents is 1. The monoisotopic (exact) mass is 338 g/mol. The number of unbranched alkanes of at least 4 members (excludes halogenated alkanes) is 5. The zero-order valence-electron chi connectivity index (χ0n) is 13.4. The fraction of sp³-hybridized carbons (Fsp3) is 0.500. The number of carbonyl (C=O) groups is 2. The second kappa shape index (κ2) is 10.2. The van der Waals surface area contributed by atoms with Crippen molar-refractivity contribution in [1.82, 2.24) is 0 Å². The summed E-state index contributed by atoms with van der Waals surface area (Å²) in [6, 6.07) is 3.45. The molecule has 0 bridgehead atoms. The van der Waals surface area contributed by atoms with Gasteiger partial charge in [-0.1, -0.05) is 25.7 Å². The van der Waals surface area contributed by atoms with Crippen LogP contribution in [0, 0.1) is 10.1 Å². The maximum absolute atomic E-state index is 11.8. The van der Waals surface area contributed by atoms with Gasteiger partial charge in [0.1, 0.15) is 5.75 Å². The lowest BCUT2D eigenvalue weighted by Gasteiger charge is -2.07. The molecule has 0 radical (unpaired) electrons. The maximum Gasteiger partial charge on any atom is 0.303 e. The molecule has 0 saturated heterocycles. The molecule has 0 heterocycles. The van der Waals surface area contributed by atoms with Gasteiger partial charge in [0.2, 0.25) is 5.91 Å².